The van der Waals surface area contributed by atoms with Crippen molar-refractivity contribution in [3.8, 4) is 0 Å². The normalized spacial score (nSPS) is 11.7. The summed E-state index contributed by atoms with van der Waals surface area (Å²) in [6, 6.07) is 28.3. The number of methoxy groups -OCH3 is 1. The minimum Gasteiger partial charge on any atom is -0.467 e. The van der Waals surface area contributed by atoms with E-state index in [0.717, 1.165) is 16.7 Å². The van der Waals surface area contributed by atoms with Crippen molar-refractivity contribution in [3.63, 3.8) is 0 Å². The van der Waals surface area contributed by atoms with E-state index in [-0.39, 0.29) is 5.91 Å². The van der Waals surface area contributed by atoms with Gasteiger partial charge in [-0.25, -0.2) is 4.79 Å². The number of amides is 1. The molecule has 0 aliphatic carbocycles. The molecule has 148 valence electrons. The van der Waals surface area contributed by atoms with Gasteiger partial charge in [0.2, 0.25) is 5.91 Å². The molecule has 0 heterocycles. The lowest BCUT2D eigenvalue weighted by Crippen LogP contribution is -2.44. The Morgan fingerprint density at radius 2 is 1.28 bits per heavy atom. The molecule has 1 atom stereocenters. The monoisotopic (exact) mass is 387 g/mol. The van der Waals surface area contributed by atoms with Gasteiger partial charge in [0.15, 0.2) is 0 Å². The number of rotatable bonds is 8. The van der Waals surface area contributed by atoms with E-state index in [9.17, 15) is 9.59 Å². The highest BCUT2D eigenvalue weighted by atomic mass is 16.5. The molecule has 0 unspecified atom stereocenters. The minimum absolute atomic E-state index is 0.217. The highest BCUT2D eigenvalue weighted by Gasteiger charge is 2.28. The van der Waals surface area contributed by atoms with Crippen LogP contribution in [0.3, 0.4) is 0 Å². The second kappa shape index (κ2) is 10.2. The second-order valence-electron chi connectivity index (χ2n) is 6.86. The van der Waals surface area contributed by atoms with Crippen LogP contribution in [0.5, 0.6) is 0 Å². The Bertz CT molecular complexity index is 871. The van der Waals surface area contributed by atoms with E-state index in [4.69, 9.17) is 4.74 Å². The Hall–Kier alpha value is -3.40. The molecule has 4 heteroatoms. The average Bonchev–Trinajstić information content (AvgIpc) is 2.78. The van der Waals surface area contributed by atoms with Crippen LogP contribution in [0, 0.1) is 0 Å². The zero-order valence-corrected chi connectivity index (χ0v) is 16.5. The first-order valence-corrected chi connectivity index (χ1v) is 9.71. The molecule has 0 spiro atoms. The summed E-state index contributed by atoms with van der Waals surface area (Å²) in [4.78, 5) is 25.6. The van der Waals surface area contributed by atoms with Crippen LogP contribution in [0.25, 0.3) is 0 Å². The maximum atomic E-state index is 13.3. The number of nitrogens with one attached hydrogen (secondary N) is 1. The number of esters is 1. The van der Waals surface area contributed by atoms with Crippen molar-refractivity contribution in [2.75, 3.05) is 7.11 Å². The van der Waals surface area contributed by atoms with E-state index in [2.05, 4.69) is 5.32 Å². The zero-order valence-electron chi connectivity index (χ0n) is 16.5. The van der Waals surface area contributed by atoms with Gasteiger partial charge >= 0.3 is 5.97 Å². The standard InChI is InChI=1S/C25H25NO3/c1-29-25(28)22(18-17-19-11-5-2-6-12-19)26-24(27)23(20-13-7-3-8-14-20)21-15-9-4-10-16-21/h2-16,22-23H,17-18H2,1H3,(H,26,27)/t22-/m1/s1. The molecule has 3 aromatic carbocycles. The number of aryl methyl sites for hydroxylation is 1. The highest BCUT2D eigenvalue weighted by molar-refractivity contribution is 5.91. The van der Waals surface area contributed by atoms with E-state index in [1.165, 1.54) is 7.11 Å². The second-order valence-corrected chi connectivity index (χ2v) is 6.86. The fourth-order valence-electron chi connectivity index (χ4n) is 3.39. The Balaban J connectivity index is 1.80. The summed E-state index contributed by atoms with van der Waals surface area (Å²) >= 11 is 0. The number of hydrogen-bond donors (Lipinski definition) is 1. The molecule has 1 amide bonds. The maximum absolute atomic E-state index is 13.3. The molecule has 0 saturated carbocycles. The molecule has 0 saturated heterocycles. The Kier molecular flexibility index (Phi) is 7.17. The van der Waals surface area contributed by atoms with Crippen LogP contribution in [0.2, 0.25) is 0 Å². The van der Waals surface area contributed by atoms with E-state index < -0.39 is 17.9 Å². The van der Waals surface area contributed by atoms with Gasteiger partial charge in [0.1, 0.15) is 6.04 Å². The number of ether oxygens (including phenoxy) is 1. The van der Waals surface area contributed by atoms with Gasteiger partial charge in [-0.3, -0.25) is 4.79 Å². The predicted octanol–water partition coefficient (Wildman–Crippen LogP) is 4.11. The van der Waals surface area contributed by atoms with Crippen LogP contribution >= 0.6 is 0 Å². The molecule has 4 nitrogen and oxygen atoms in total. The third-order valence-electron chi connectivity index (χ3n) is 4.89. The topological polar surface area (TPSA) is 55.4 Å². The fraction of sp³-hybridized carbons (Fsp3) is 0.200. The minimum atomic E-state index is -0.706. The SMILES string of the molecule is COC(=O)[C@@H](CCc1ccccc1)NC(=O)C(c1ccccc1)c1ccccc1. The number of hydrogen-bond acceptors (Lipinski definition) is 3. The lowest BCUT2D eigenvalue weighted by Gasteiger charge is -2.22. The van der Waals surface area contributed by atoms with Gasteiger partial charge in [0, 0.05) is 0 Å². The summed E-state index contributed by atoms with van der Waals surface area (Å²) in [7, 11) is 1.34. The summed E-state index contributed by atoms with van der Waals surface area (Å²) in [6.07, 6.45) is 1.14. The molecule has 0 aliphatic rings. The van der Waals surface area contributed by atoms with Crippen molar-refractivity contribution in [3.05, 3.63) is 108 Å². The summed E-state index contributed by atoms with van der Waals surface area (Å²) in [6.45, 7) is 0. The maximum Gasteiger partial charge on any atom is 0.328 e. The van der Waals surface area contributed by atoms with Crippen LogP contribution in [-0.2, 0) is 20.7 Å². The molecule has 0 aliphatic heterocycles. The van der Waals surface area contributed by atoms with Crippen molar-refractivity contribution in [1.29, 1.82) is 0 Å². The van der Waals surface area contributed by atoms with Gasteiger partial charge in [-0.2, -0.15) is 0 Å². The molecule has 1 N–H and O–H groups in total. The largest absolute Gasteiger partial charge is 0.467 e. The number of carbonyl (C=O) groups excluding carboxylic acids is 2. The Morgan fingerprint density at radius 3 is 1.76 bits per heavy atom. The van der Waals surface area contributed by atoms with Crippen molar-refractivity contribution in [2.24, 2.45) is 0 Å². The lowest BCUT2D eigenvalue weighted by molar-refractivity contribution is -0.145. The first kappa shape index (κ1) is 20.3. The van der Waals surface area contributed by atoms with E-state index in [1.807, 2.05) is 91.0 Å². The van der Waals surface area contributed by atoms with Crippen LogP contribution < -0.4 is 5.32 Å². The average molecular weight is 387 g/mol. The molecular formula is C25H25NO3. The van der Waals surface area contributed by atoms with Crippen LogP contribution in [0.1, 0.15) is 29.0 Å². The Morgan fingerprint density at radius 1 is 0.793 bits per heavy atom. The first-order chi connectivity index (χ1) is 14.2. The molecule has 0 radical (unpaired) electrons. The first-order valence-electron chi connectivity index (χ1n) is 9.71. The van der Waals surface area contributed by atoms with Crippen molar-refractivity contribution in [2.45, 2.75) is 24.8 Å². The van der Waals surface area contributed by atoms with Gasteiger partial charge < -0.3 is 10.1 Å². The quantitative estimate of drug-likeness (QED) is 0.592. The predicted molar refractivity (Wildman–Crippen MR) is 113 cm³/mol. The van der Waals surface area contributed by atoms with Crippen LogP contribution in [-0.4, -0.2) is 25.0 Å². The van der Waals surface area contributed by atoms with Crippen molar-refractivity contribution in [1.82, 2.24) is 5.32 Å². The summed E-state index contributed by atoms with van der Waals surface area (Å²) in [5.74, 6) is -1.15. The smallest absolute Gasteiger partial charge is 0.328 e. The molecule has 0 bridgehead atoms. The zero-order chi connectivity index (χ0) is 20.5. The molecule has 3 aromatic rings. The summed E-state index contributed by atoms with van der Waals surface area (Å²) in [5, 5.41) is 2.92. The molecule has 3 rings (SSSR count). The van der Waals surface area contributed by atoms with Gasteiger partial charge in [-0.1, -0.05) is 91.0 Å². The van der Waals surface area contributed by atoms with Crippen LogP contribution in [0.4, 0.5) is 0 Å². The third-order valence-corrected chi connectivity index (χ3v) is 4.89. The van der Waals surface area contributed by atoms with Crippen molar-refractivity contribution >= 4 is 11.9 Å². The van der Waals surface area contributed by atoms with Gasteiger partial charge in [-0.15, -0.1) is 0 Å². The van der Waals surface area contributed by atoms with Gasteiger partial charge in [-0.05, 0) is 29.5 Å². The number of benzene rings is 3. The van der Waals surface area contributed by atoms with E-state index in [0.29, 0.717) is 12.8 Å². The van der Waals surface area contributed by atoms with E-state index >= 15 is 0 Å². The fourth-order valence-corrected chi connectivity index (χ4v) is 3.39. The van der Waals surface area contributed by atoms with Gasteiger partial charge in [0.25, 0.3) is 0 Å². The lowest BCUT2D eigenvalue weighted by atomic mass is 9.90. The molecule has 0 aromatic heterocycles. The third kappa shape index (κ3) is 5.55. The molecule has 0 fully saturated rings. The van der Waals surface area contributed by atoms with E-state index in [1.54, 1.807) is 0 Å². The summed E-state index contributed by atoms with van der Waals surface area (Å²) < 4.78 is 4.94. The van der Waals surface area contributed by atoms with Crippen LogP contribution in [0.15, 0.2) is 91.0 Å². The Labute approximate surface area is 171 Å². The molecular weight excluding hydrogens is 362 g/mol. The highest BCUT2D eigenvalue weighted by Crippen LogP contribution is 2.25. The van der Waals surface area contributed by atoms with Gasteiger partial charge in [0.05, 0.1) is 13.0 Å². The van der Waals surface area contributed by atoms with Crippen molar-refractivity contribution < 1.29 is 14.3 Å². The summed E-state index contributed by atoms with van der Waals surface area (Å²) in [5.41, 5.74) is 2.86. The number of carbonyl (C=O) groups is 2. The molecule has 29 heavy (non-hydrogen) atoms.